The lowest BCUT2D eigenvalue weighted by Crippen LogP contribution is -2.32. The lowest BCUT2D eigenvalue weighted by atomic mass is 10.1. The summed E-state index contributed by atoms with van der Waals surface area (Å²) in [4.78, 5) is 11.5. The summed E-state index contributed by atoms with van der Waals surface area (Å²) in [5.74, 6) is 0.0927. The Bertz CT molecular complexity index is 405. The first kappa shape index (κ1) is 16.7. The maximum atomic E-state index is 11.5. The van der Waals surface area contributed by atoms with Gasteiger partial charge in [0.2, 0.25) is 5.91 Å². The van der Waals surface area contributed by atoms with Gasteiger partial charge >= 0.3 is 0 Å². The third-order valence-electron chi connectivity index (χ3n) is 2.87. The molecule has 0 radical (unpaired) electrons. The topological polar surface area (TPSA) is 50.4 Å². The molecule has 0 aliphatic carbocycles. The minimum Gasteiger partial charge on any atom is -0.377 e. The molecule has 1 aromatic rings. The van der Waals surface area contributed by atoms with Crippen LogP contribution in [0.4, 0.5) is 0 Å². The van der Waals surface area contributed by atoms with Crippen molar-refractivity contribution in [1.29, 1.82) is 0 Å². The van der Waals surface area contributed by atoms with Crippen LogP contribution in [-0.2, 0) is 22.7 Å². The van der Waals surface area contributed by atoms with Gasteiger partial charge in [-0.25, -0.2) is 0 Å². The SMILES string of the molecule is CCOCc1ccccc1CNCCC(=O)NC(C)C. The van der Waals surface area contributed by atoms with Gasteiger partial charge < -0.3 is 15.4 Å². The first-order valence-corrected chi connectivity index (χ1v) is 7.28. The van der Waals surface area contributed by atoms with Gasteiger partial charge in [0.25, 0.3) is 0 Å². The van der Waals surface area contributed by atoms with Gasteiger partial charge in [-0.2, -0.15) is 0 Å². The molecule has 0 heterocycles. The fraction of sp³-hybridized carbons (Fsp3) is 0.562. The van der Waals surface area contributed by atoms with Gasteiger partial charge in [0.15, 0.2) is 0 Å². The van der Waals surface area contributed by atoms with Crippen LogP contribution in [0, 0.1) is 0 Å². The van der Waals surface area contributed by atoms with Crippen LogP contribution in [0.15, 0.2) is 24.3 Å². The first-order valence-electron chi connectivity index (χ1n) is 7.28. The zero-order valence-electron chi connectivity index (χ0n) is 12.7. The van der Waals surface area contributed by atoms with E-state index in [-0.39, 0.29) is 11.9 Å². The Balaban J connectivity index is 2.32. The van der Waals surface area contributed by atoms with Crippen molar-refractivity contribution < 1.29 is 9.53 Å². The molecule has 1 aromatic carbocycles. The second kappa shape index (κ2) is 9.50. The van der Waals surface area contributed by atoms with Crippen molar-refractivity contribution in [2.75, 3.05) is 13.2 Å². The highest BCUT2D eigenvalue weighted by Gasteiger charge is 2.04. The van der Waals surface area contributed by atoms with E-state index in [9.17, 15) is 4.79 Å². The summed E-state index contributed by atoms with van der Waals surface area (Å²) in [6.45, 7) is 8.73. The summed E-state index contributed by atoms with van der Waals surface area (Å²) < 4.78 is 5.46. The fourth-order valence-corrected chi connectivity index (χ4v) is 1.90. The lowest BCUT2D eigenvalue weighted by Gasteiger charge is -2.11. The van der Waals surface area contributed by atoms with Gasteiger partial charge in [-0.15, -0.1) is 0 Å². The van der Waals surface area contributed by atoms with Crippen LogP contribution in [0.3, 0.4) is 0 Å². The standard InChI is InChI=1S/C16H26N2O2/c1-4-20-12-15-8-6-5-7-14(15)11-17-10-9-16(19)18-13(2)3/h5-8,13,17H,4,9-12H2,1-3H3,(H,18,19). The molecule has 0 fully saturated rings. The number of nitrogens with one attached hydrogen (secondary N) is 2. The number of hydrogen-bond donors (Lipinski definition) is 2. The summed E-state index contributed by atoms with van der Waals surface area (Å²) in [7, 11) is 0. The van der Waals surface area contributed by atoms with Crippen molar-refractivity contribution >= 4 is 5.91 Å². The predicted octanol–water partition coefficient (Wildman–Crippen LogP) is 2.23. The van der Waals surface area contributed by atoms with Crippen LogP contribution in [0.5, 0.6) is 0 Å². The number of carbonyl (C=O) groups is 1. The molecule has 0 saturated carbocycles. The third kappa shape index (κ3) is 6.68. The third-order valence-corrected chi connectivity index (χ3v) is 2.87. The number of ether oxygens (including phenoxy) is 1. The Morgan fingerprint density at radius 2 is 1.95 bits per heavy atom. The molecule has 0 aromatic heterocycles. The van der Waals surface area contributed by atoms with E-state index < -0.39 is 0 Å². The molecule has 0 aliphatic rings. The van der Waals surface area contributed by atoms with Crippen molar-refractivity contribution in [3.8, 4) is 0 Å². The molecule has 112 valence electrons. The minimum atomic E-state index is 0.0927. The van der Waals surface area contributed by atoms with Gasteiger partial charge in [-0.05, 0) is 31.9 Å². The van der Waals surface area contributed by atoms with Crippen LogP contribution in [0.1, 0.15) is 38.3 Å². The number of benzene rings is 1. The Labute approximate surface area is 121 Å². The Morgan fingerprint density at radius 1 is 1.25 bits per heavy atom. The second-order valence-corrected chi connectivity index (χ2v) is 5.05. The Morgan fingerprint density at radius 3 is 2.60 bits per heavy atom. The normalized spacial score (nSPS) is 10.8. The molecule has 0 atom stereocenters. The van der Waals surface area contributed by atoms with Crippen LogP contribution in [0.2, 0.25) is 0 Å². The molecular formula is C16H26N2O2. The van der Waals surface area contributed by atoms with Crippen molar-refractivity contribution in [3.05, 3.63) is 35.4 Å². The number of hydrogen-bond acceptors (Lipinski definition) is 3. The molecule has 4 nitrogen and oxygen atoms in total. The Hall–Kier alpha value is -1.39. The monoisotopic (exact) mass is 278 g/mol. The quantitative estimate of drug-likeness (QED) is 0.681. The zero-order valence-corrected chi connectivity index (χ0v) is 12.7. The van der Waals surface area contributed by atoms with Gasteiger partial charge in [-0.1, -0.05) is 24.3 Å². The maximum Gasteiger partial charge on any atom is 0.221 e. The smallest absolute Gasteiger partial charge is 0.221 e. The summed E-state index contributed by atoms with van der Waals surface area (Å²) in [6, 6.07) is 8.42. The molecule has 20 heavy (non-hydrogen) atoms. The van der Waals surface area contributed by atoms with E-state index >= 15 is 0 Å². The average molecular weight is 278 g/mol. The molecule has 0 spiro atoms. The lowest BCUT2D eigenvalue weighted by molar-refractivity contribution is -0.121. The van der Waals surface area contributed by atoms with Crippen LogP contribution in [-0.4, -0.2) is 25.1 Å². The van der Waals surface area contributed by atoms with Crippen molar-refractivity contribution in [2.45, 2.75) is 46.4 Å². The highest BCUT2D eigenvalue weighted by molar-refractivity contribution is 5.76. The van der Waals surface area contributed by atoms with E-state index in [1.165, 1.54) is 11.1 Å². The molecule has 0 unspecified atom stereocenters. The number of amides is 1. The molecule has 1 amide bonds. The molecule has 0 aliphatic heterocycles. The van der Waals surface area contributed by atoms with E-state index in [2.05, 4.69) is 22.8 Å². The van der Waals surface area contributed by atoms with E-state index in [1.807, 2.05) is 32.9 Å². The van der Waals surface area contributed by atoms with Crippen LogP contribution in [0.25, 0.3) is 0 Å². The average Bonchev–Trinajstić information content (AvgIpc) is 2.41. The van der Waals surface area contributed by atoms with E-state index in [4.69, 9.17) is 4.74 Å². The van der Waals surface area contributed by atoms with Crippen molar-refractivity contribution in [3.63, 3.8) is 0 Å². The summed E-state index contributed by atoms with van der Waals surface area (Å²) in [5.41, 5.74) is 2.43. The van der Waals surface area contributed by atoms with E-state index in [0.717, 1.165) is 13.2 Å². The molecule has 0 saturated heterocycles. The number of rotatable bonds is 9. The minimum absolute atomic E-state index is 0.0927. The molecule has 0 bridgehead atoms. The molecule has 1 rings (SSSR count). The maximum absolute atomic E-state index is 11.5. The zero-order chi connectivity index (χ0) is 14.8. The van der Waals surface area contributed by atoms with Crippen LogP contribution >= 0.6 is 0 Å². The predicted molar refractivity (Wildman–Crippen MR) is 81.4 cm³/mol. The Kier molecular flexibility index (Phi) is 7.92. The summed E-state index contributed by atoms with van der Waals surface area (Å²) >= 11 is 0. The molecule has 2 N–H and O–H groups in total. The van der Waals surface area contributed by atoms with Crippen molar-refractivity contribution in [2.24, 2.45) is 0 Å². The van der Waals surface area contributed by atoms with Crippen LogP contribution < -0.4 is 10.6 Å². The van der Waals surface area contributed by atoms with E-state index in [1.54, 1.807) is 0 Å². The summed E-state index contributed by atoms with van der Waals surface area (Å²) in [6.07, 6.45) is 0.506. The van der Waals surface area contributed by atoms with Crippen molar-refractivity contribution in [1.82, 2.24) is 10.6 Å². The first-order chi connectivity index (χ1) is 9.63. The second-order valence-electron chi connectivity index (χ2n) is 5.05. The highest BCUT2D eigenvalue weighted by Crippen LogP contribution is 2.09. The highest BCUT2D eigenvalue weighted by atomic mass is 16.5. The van der Waals surface area contributed by atoms with Gasteiger partial charge in [0.05, 0.1) is 6.61 Å². The van der Waals surface area contributed by atoms with E-state index in [0.29, 0.717) is 19.6 Å². The van der Waals surface area contributed by atoms with Gasteiger partial charge in [-0.3, -0.25) is 4.79 Å². The van der Waals surface area contributed by atoms with Gasteiger partial charge in [0.1, 0.15) is 0 Å². The fourth-order valence-electron chi connectivity index (χ4n) is 1.90. The summed E-state index contributed by atoms with van der Waals surface area (Å²) in [5, 5.41) is 6.19. The van der Waals surface area contributed by atoms with Gasteiger partial charge in [0, 0.05) is 32.2 Å². The largest absolute Gasteiger partial charge is 0.377 e. The molecular weight excluding hydrogens is 252 g/mol. The number of carbonyl (C=O) groups excluding carboxylic acids is 1. The molecule has 4 heteroatoms.